The zero-order chi connectivity index (χ0) is 19.0. The standard InChI is InChI=1S/C21H26N4O2/c1-4-18(20-14(2)23-27-15(20)3)22-21(26)24-10-7-11-25-17(13-24)12-16-8-5-6-9-19(16)25/h5-6,8-9,12,18H,4,7,10-11,13H2,1-3H3,(H,22,26). The Morgan fingerprint density at radius 1 is 1.30 bits per heavy atom. The first-order valence-electron chi connectivity index (χ1n) is 9.63. The number of fused-ring (bicyclic) bond motifs is 3. The van der Waals surface area contributed by atoms with Crippen LogP contribution in [-0.4, -0.2) is 27.2 Å². The van der Waals surface area contributed by atoms with Gasteiger partial charge in [-0.2, -0.15) is 0 Å². The minimum Gasteiger partial charge on any atom is -0.361 e. The number of nitrogens with zero attached hydrogens (tertiary/aromatic N) is 3. The summed E-state index contributed by atoms with van der Waals surface area (Å²) in [5.41, 5.74) is 4.27. The molecule has 0 radical (unpaired) electrons. The minimum atomic E-state index is -0.0853. The second-order valence-corrected chi connectivity index (χ2v) is 7.27. The molecule has 1 aromatic carbocycles. The van der Waals surface area contributed by atoms with Gasteiger partial charge in [-0.05, 0) is 44.2 Å². The highest BCUT2D eigenvalue weighted by Crippen LogP contribution is 2.26. The molecule has 2 amide bonds. The van der Waals surface area contributed by atoms with E-state index in [0.29, 0.717) is 6.54 Å². The molecule has 3 aromatic rings. The third-order valence-corrected chi connectivity index (χ3v) is 5.49. The Kier molecular flexibility index (Phi) is 4.64. The van der Waals surface area contributed by atoms with Crippen LogP contribution in [0.3, 0.4) is 0 Å². The van der Waals surface area contributed by atoms with Crippen molar-refractivity contribution >= 4 is 16.9 Å². The largest absolute Gasteiger partial charge is 0.361 e. The van der Waals surface area contributed by atoms with Gasteiger partial charge in [-0.3, -0.25) is 0 Å². The first-order valence-corrected chi connectivity index (χ1v) is 9.63. The van der Waals surface area contributed by atoms with Crippen molar-refractivity contribution in [3.63, 3.8) is 0 Å². The van der Waals surface area contributed by atoms with Gasteiger partial charge in [0, 0.05) is 29.9 Å². The van der Waals surface area contributed by atoms with Crippen molar-refractivity contribution in [1.82, 2.24) is 19.9 Å². The maximum atomic E-state index is 13.0. The SMILES string of the molecule is CCC(NC(=O)N1CCCn2c(cc3ccccc32)C1)c1c(C)noc1C. The van der Waals surface area contributed by atoms with Gasteiger partial charge in [0.2, 0.25) is 0 Å². The molecular weight excluding hydrogens is 340 g/mol. The number of amides is 2. The Hall–Kier alpha value is -2.76. The second-order valence-electron chi connectivity index (χ2n) is 7.27. The number of benzene rings is 1. The van der Waals surface area contributed by atoms with Gasteiger partial charge in [-0.1, -0.05) is 30.3 Å². The van der Waals surface area contributed by atoms with E-state index >= 15 is 0 Å². The molecule has 27 heavy (non-hydrogen) atoms. The molecule has 0 saturated heterocycles. The fourth-order valence-corrected chi connectivity index (χ4v) is 4.14. The Balaban J connectivity index is 1.55. The third-order valence-electron chi connectivity index (χ3n) is 5.49. The predicted molar refractivity (Wildman–Crippen MR) is 105 cm³/mol. The highest BCUT2D eigenvalue weighted by atomic mass is 16.5. The first kappa shape index (κ1) is 17.6. The number of urea groups is 1. The fraction of sp³-hybridized carbons (Fsp3) is 0.429. The number of para-hydroxylation sites is 1. The number of carbonyl (C=O) groups excluding carboxylic acids is 1. The molecule has 3 heterocycles. The molecule has 6 nitrogen and oxygen atoms in total. The van der Waals surface area contributed by atoms with E-state index in [2.05, 4.69) is 52.3 Å². The maximum Gasteiger partial charge on any atom is 0.318 e. The fourth-order valence-electron chi connectivity index (χ4n) is 4.14. The summed E-state index contributed by atoms with van der Waals surface area (Å²) in [7, 11) is 0. The number of aryl methyl sites for hydroxylation is 3. The van der Waals surface area contributed by atoms with Gasteiger partial charge < -0.3 is 19.3 Å². The summed E-state index contributed by atoms with van der Waals surface area (Å²) in [4.78, 5) is 14.9. The average Bonchev–Trinajstić information content (AvgIpc) is 3.10. The number of hydrogen-bond donors (Lipinski definition) is 1. The van der Waals surface area contributed by atoms with E-state index in [9.17, 15) is 4.79 Å². The number of hydrogen-bond acceptors (Lipinski definition) is 3. The lowest BCUT2D eigenvalue weighted by molar-refractivity contribution is 0.191. The van der Waals surface area contributed by atoms with Gasteiger partial charge in [0.1, 0.15) is 5.76 Å². The van der Waals surface area contributed by atoms with Crippen LogP contribution < -0.4 is 5.32 Å². The summed E-state index contributed by atoms with van der Waals surface area (Å²) in [6.45, 7) is 8.20. The number of aromatic nitrogens is 2. The van der Waals surface area contributed by atoms with Crippen LogP contribution in [-0.2, 0) is 13.1 Å². The van der Waals surface area contributed by atoms with Crippen LogP contribution in [0.4, 0.5) is 4.79 Å². The molecule has 142 valence electrons. The lowest BCUT2D eigenvalue weighted by Crippen LogP contribution is -2.41. The van der Waals surface area contributed by atoms with E-state index in [0.717, 1.165) is 42.9 Å². The quantitative estimate of drug-likeness (QED) is 0.751. The van der Waals surface area contributed by atoms with Gasteiger partial charge in [0.25, 0.3) is 0 Å². The second kappa shape index (κ2) is 7.10. The van der Waals surface area contributed by atoms with Crippen LogP contribution >= 0.6 is 0 Å². The number of rotatable bonds is 3. The molecule has 1 atom stereocenters. The zero-order valence-electron chi connectivity index (χ0n) is 16.2. The molecule has 6 heteroatoms. The Morgan fingerprint density at radius 2 is 2.11 bits per heavy atom. The summed E-state index contributed by atoms with van der Waals surface area (Å²) in [5.74, 6) is 0.774. The van der Waals surface area contributed by atoms with Crippen molar-refractivity contribution in [1.29, 1.82) is 0 Å². The highest BCUT2D eigenvalue weighted by Gasteiger charge is 2.25. The number of nitrogens with one attached hydrogen (secondary N) is 1. The van der Waals surface area contributed by atoms with Gasteiger partial charge in [-0.15, -0.1) is 0 Å². The van der Waals surface area contributed by atoms with Gasteiger partial charge >= 0.3 is 6.03 Å². The van der Waals surface area contributed by atoms with E-state index in [1.807, 2.05) is 18.7 Å². The Morgan fingerprint density at radius 3 is 2.85 bits per heavy atom. The van der Waals surface area contributed by atoms with Crippen molar-refractivity contribution in [3.8, 4) is 0 Å². The molecule has 1 unspecified atom stereocenters. The van der Waals surface area contributed by atoms with Crippen LogP contribution in [0.1, 0.15) is 48.5 Å². The molecule has 1 N–H and O–H groups in total. The van der Waals surface area contributed by atoms with Crippen molar-refractivity contribution in [2.24, 2.45) is 0 Å². The Bertz CT molecular complexity index is 952. The summed E-state index contributed by atoms with van der Waals surface area (Å²) >= 11 is 0. The summed E-state index contributed by atoms with van der Waals surface area (Å²) in [5, 5.41) is 8.45. The summed E-state index contributed by atoms with van der Waals surface area (Å²) < 4.78 is 7.63. The molecule has 0 saturated carbocycles. The lowest BCUT2D eigenvalue weighted by Gasteiger charge is -2.25. The Labute approximate surface area is 159 Å². The van der Waals surface area contributed by atoms with E-state index in [1.54, 1.807) is 0 Å². The molecule has 1 aliphatic heterocycles. The monoisotopic (exact) mass is 366 g/mol. The van der Waals surface area contributed by atoms with Gasteiger partial charge in [0.15, 0.2) is 0 Å². The van der Waals surface area contributed by atoms with Gasteiger partial charge in [-0.25, -0.2) is 4.79 Å². The predicted octanol–water partition coefficient (Wildman–Crippen LogP) is 4.31. The molecule has 0 fully saturated rings. The molecule has 2 aromatic heterocycles. The normalized spacial score (nSPS) is 15.4. The zero-order valence-corrected chi connectivity index (χ0v) is 16.2. The molecule has 0 bridgehead atoms. The number of carbonyl (C=O) groups is 1. The van der Waals surface area contributed by atoms with E-state index in [-0.39, 0.29) is 12.1 Å². The summed E-state index contributed by atoms with van der Waals surface area (Å²) in [6.07, 6.45) is 1.74. The van der Waals surface area contributed by atoms with Crippen molar-refractivity contribution < 1.29 is 9.32 Å². The maximum absolute atomic E-state index is 13.0. The average molecular weight is 366 g/mol. The van der Waals surface area contributed by atoms with E-state index < -0.39 is 0 Å². The highest BCUT2D eigenvalue weighted by molar-refractivity contribution is 5.82. The van der Waals surface area contributed by atoms with Crippen LogP contribution in [0.2, 0.25) is 0 Å². The van der Waals surface area contributed by atoms with Crippen molar-refractivity contribution in [2.45, 2.75) is 52.7 Å². The van der Waals surface area contributed by atoms with E-state index in [1.165, 1.54) is 16.6 Å². The molecule has 0 spiro atoms. The first-order chi connectivity index (χ1) is 13.1. The topological polar surface area (TPSA) is 63.3 Å². The van der Waals surface area contributed by atoms with Crippen LogP contribution in [0, 0.1) is 13.8 Å². The summed E-state index contributed by atoms with van der Waals surface area (Å²) in [6, 6.07) is 10.5. The molecule has 0 aliphatic carbocycles. The smallest absolute Gasteiger partial charge is 0.318 e. The minimum absolute atomic E-state index is 0.0273. The third kappa shape index (κ3) is 3.20. The lowest BCUT2D eigenvalue weighted by atomic mass is 10.0. The van der Waals surface area contributed by atoms with Gasteiger partial charge in [0.05, 0.1) is 18.3 Å². The molecule has 1 aliphatic rings. The molecular formula is C21H26N4O2. The molecule has 4 rings (SSSR count). The van der Waals surface area contributed by atoms with Crippen molar-refractivity contribution in [2.75, 3.05) is 6.54 Å². The van der Waals surface area contributed by atoms with Crippen LogP contribution in [0.25, 0.3) is 10.9 Å². The van der Waals surface area contributed by atoms with Crippen LogP contribution in [0.15, 0.2) is 34.9 Å². The van der Waals surface area contributed by atoms with E-state index in [4.69, 9.17) is 4.52 Å². The van der Waals surface area contributed by atoms with Crippen molar-refractivity contribution in [3.05, 3.63) is 53.0 Å². The van der Waals surface area contributed by atoms with Crippen LogP contribution in [0.5, 0.6) is 0 Å².